The van der Waals surface area contributed by atoms with Crippen molar-refractivity contribution in [2.45, 2.75) is 32.7 Å². The molecule has 5 nitrogen and oxygen atoms in total. The van der Waals surface area contributed by atoms with E-state index in [4.69, 9.17) is 4.42 Å². The molecule has 3 heterocycles. The van der Waals surface area contributed by atoms with Gasteiger partial charge in [-0.15, -0.1) is 0 Å². The van der Waals surface area contributed by atoms with Crippen molar-refractivity contribution < 1.29 is 9.21 Å². The van der Waals surface area contributed by atoms with E-state index in [0.29, 0.717) is 5.92 Å². The third-order valence-electron chi connectivity index (χ3n) is 6.43. The summed E-state index contributed by atoms with van der Waals surface area (Å²) in [5, 5.41) is 0. The topological polar surface area (TPSA) is 41.6 Å². The van der Waals surface area contributed by atoms with E-state index in [-0.39, 0.29) is 5.91 Å². The second-order valence-corrected chi connectivity index (χ2v) is 8.17. The summed E-state index contributed by atoms with van der Waals surface area (Å²) in [5.74, 6) is 0.824. The SMILES string of the molecule is Cc1ccccc1N1CCN(C(=O)c2cc3occc3n2CC2CCC2)CC1. The van der Waals surface area contributed by atoms with Gasteiger partial charge >= 0.3 is 0 Å². The summed E-state index contributed by atoms with van der Waals surface area (Å²) in [6.07, 6.45) is 5.56. The van der Waals surface area contributed by atoms with Crippen molar-refractivity contribution in [1.29, 1.82) is 0 Å². The van der Waals surface area contributed by atoms with Gasteiger partial charge < -0.3 is 18.8 Å². The first-order chi connectivity index (χ1) is 13.7. The first kappa shape index (κ1) is 17.4. The standard InChI is InChI=1S/C23H27N3O2/c1-17-5-2-3-8-19(17)24-10-12-25(13-11-24)23(27)21-15-22-20(9-14-28-22)26(21)16-18-6-4-7-18/h2-3,5,8-9,14-15,18H,4,6-7,10-13,16H2,1H3. The Morgan fingerprint density at radius 2 is 1.89 bits per heavy atom. The number of anilines is 1. The van der Waals surface area contributed by atoms with Crippen LogP contribution in [-0.2, 0) is 6.54 Å². The Kier molecular flexibility index (Phi) is 4.38. The number of aryl methyl sites for hydroxylation is 1. The Bertz CT molecular complexity index is 990. The molecule has 1 aliphatic carbocycles. The van der Waals surface area contributed by atoms with Gasteiger partial charge in [0.05, 0.1) is 11.8 Å². The summed E-state index contributed by atoms with van der Waals surface area (Å²) in [7, 11) is 0. The molecular weight excluding hydrogens is 350 g/mol. The van der Waals surface area contributed by atoms with Crippen LogP contribution in [0.5, 0.6) is 0 Å². The van der Waals surface area contributed by atoms with Crippen LogP contribution in [0, 0.1) is 12.8 Å². The Hall–Kier alpha value is -2.69. The zero-order valence-electron chi connectivity index (χ0n) is 16.4. The van der Waals surface area contributed by atoms with Crippen LogP contribution in [0.3, 0.4) is 0 Å². The predicted octanol–water partition coefficient (Wildman–Crippen LogP) is 4.31. The number of hydrogen-bond donors (Lipinski definition) is 0. The van der Waals surface area contributed by atoms with E-state index in [9.17, 15) is 4.79 Å². The molecule has 2 fully saturated rings. The lowest BCUT2D eigenvalue weighted by molar-refractivity contribution is 0.0734. The van der Waals surface area contributed by atoms with Crippen molar-refractivity contribution in [1.82, 2.24) is 9.47 Å². The van der Waals surface area contributed by atoms with E-state index < -0.39 is 0 Å². The molecule has 146 valence electrons. The minimum Gasteiger partial charge on any atom is -0.463 e. The van der Waals surface area contributed by atoms with E-state index in [1.807, 2.05) is 17.0 Å². The monoisotopic (exact) mass is 377 g/mol. The maximum Gasteiger partial charge on any atom is 0.270 e. The van der Waals surface area contributed by atoms with Gasteiger partial charge in [-0.05, 0) is 37.3 Å². The number of furan rings is 1. The second-order valence-electron chi connectivity index (χ2n) is 8.17. The number of hydrogen-bond acceptors (Lipinski definition) is 3. The maximum atomic E-state index is 13.3. The van der Waals surface area contributed by atoms with Gasteiger partial charge in [0, 0.05) is 50.5 Å². The van der Waals surface area contributed by atoms with Crippen molar-refractivity contribution in [3.8, 4) is 0 Å². The van der Waals surface area contributed by atoms with Crippen LogP contribution in [0.15, 0.2) is 47.1 Å². The molecule has 5 rings (SSSR count). The van der Waals surface area contributed by atoms with E-state index in [0.717, 1.165) is 49.5 Å². The summed E-state index contributed by atoms with van der Waals surface area (Å²) in [5.41, 5.74) is 5.22. The average Bonchev–Trinajstić information content (AvgIpc) is 3.26. The molecule has 2 aliphatic rings. The highest BCUT2D eigenvalue weighted by Crippen LogP contribution is 2.31. The minimum atomic E-state index is 0.134. The number of para-hydroxylation sites is 1. The Morgan fingerprint density at radius 1 is 1.11 bits per heavy atom. The molecule has 1 aromatic carbocycles. The van der Waals surface area contributed by atoms with Crippen LogP contribution < -0.4 is 4.90 Å². The van der Waals surface area contributed by atoms with E-state index in [2.05, 4.69) is 40.7 Å². The number of carbonyl (C=O) groups excluding carboxylic acids is 1. The molecule has 0 bridgehead atoms. The highest BCUT2D eigenvalue weighted by Gasteiger charge is 2.28. The zero-order valence-corrected chi connectivity index (χ0v) is 16.4. The van der Waals surface area contributed by atoms with Crippen LogP contribution in [0.2, 0.25) is 0 Å². The fourth-order valence-corrected chi connectivity index (χ4v) is 4.52. The number of aromatic nitrogens is 1. The molecule has 0 unspecified atom stereocenters. The number of piperazine rings is 1. The molecule has 1 amide bonds. The van der Waals surface area contributed by atoms with Gasteiger partial charge in [-0.2, -0.15) is 0 Å². The molecule has 0 atom stereocenters. The van der Waals surface area contributed by atoms with Gasteiger partial charge in [-0.1, -0.05) is 24.6 Å². The number of nitrogens with zero attached hydrogens (tertiary/aromatic N) is 3. The van der Waals surface area contributed by atoms with Gasteiger partial charge in [0.15, 0.2) is 5.58 Å². The van der Waals surface area contributed by atoms with Crippen molar-refractivity contribution >= 4 is 22.7 Å². The molecule has 1 aliphatic heterocycles. The van der Waals surface area contributed by atoms with Gasteiger partial charge in [0.25, 0.3) is 5.91 Å². The normalized spacial score (nSPS) is 17.9. The lowest BCUT2D eigenvalue weighted by Gasteiger charge is -2.37. The van der Waals surface area contributed by atoms with Crippen LogP contribution in [0.25, 0.3) is 11.1 Å². The molecular formula is C23H27N3O2. The highest BCUT2D eigenvalue weighted by atomic mass is 16.3. The van der Waals surface area contributed by atoms with Crippen molar-refractivity contribution in [2.75, 3.05) is 31.1 Å². The zero-order chi connectivity index (χ0) is 19.1. The lowest BCUT2D eigenvalue weighted by Crippen LogP contribution is -2.49. The van der Waals surface area contributed by atoms with Crippen molar-refractivity contribution in [2.24, 2.45) is 5.92 Å². The first-order valence-electron chi connectivity index (χ1n) is 10.4. The molecule has 1 saturated heterocycles. The van der Waals surface area contributed by atoms with Crippen molar-refractivity contribution in [3.63, 3.8) is 0 Å². The summed E-state index contributed by atoms with van der Waals surface area (Å²) in [6, 6.07) is 12.4. The van der Waals surface area contributed by atoms with Gasteiger partial charge in [-0.3, -0.25) is 4.79 Å². The van der Waals surface area contributed by atoms with Crippen LogP contribution in [0.1, 0.15) is 35.3 Å². The largest absolute Gasteiger partial charge is 0.463 e. The van der Waals surface area contributed by atoms with Gasteiger partial charge in [0.1, 0.15) is 5.69 Å². The molecule has 0 spiro atoms. The fraction of sp³-hybridized carbons (Fsp3) is 0.435. The molecule has 2 aromatic heterocycles. The second kappa shape index (κ2) is 7.04. The third-order valence-corrected chi connectivity index (χ3v) is 6.43. The number of carbonyl (C=O) groups is 1. The molecule has 28 heavy (non-hydrogen) atoms. The van der Waals surface area contributed by atoms with E-state index >= 15 is 0 Å². The Morgan fingerprint density at radius 3 is 2.61 bits per heavy atom. The van der Waals surface area contributed by atoms with Crippen LogP contribution >= 0.6 is 0 Å². The summed E-state index contributed by atoms with van der Waals surface area (Å²) >= 11 is 0. The van der Waals surface area contributed by atoms with E-state index in [1.54, 1.807) is 6.26 Å². The summed E-state index contributed by atoms with van der Waals surface area (Å²) < 4.78 is 7.79. The molecule has 1 saturated carbocycles. The maximum absolute atomic E-state index is 13.3. The summed E-state index contributed by atoms with van der Waals surface area (Å²) in [4.78, 5) is 17.7. The number of fused-ring (bicyclic) bond motifs is 1. The average molecular weight is 377 g/mol. The predicted molar refractivity (Wildman–Crippen MR) is 111 cm³/mol. The van der Waals surface area contributed by atoms with E-state index in [1.165, 1.54) is 30.5 Å². The van der Waals surface area contributed by atoms with Gasteiger partial charge in [-0.25, -0.2) is 0 Å². The highest BCUT2D eigenvalue weighted by molar-refractivity contribution is 5.97. The van der Waals surface area contributed by atoms with Crippen LogP contribution in [-0.4, -0.2) is 41.6 Å². The third kappa shape index (κ3) is 2.99. The summed E-state index contributed by atoms with van der Waals surface area (Å²) in [6.45, 7) is 6.32. The first-order valence-corrected chi connectivity index (χ1v) is 10.4. The number of amides is 1. The number of rotatable bonds is 4. The molecule has 0 N–H and O–H groups in total. The minimum absolute atomic E-state index is 0.134. The lowest BCUT2D eigenvalue weighted by atomic mass is 9.85. The Balaban J connectivity index is 1.34. The molecule has 0 radical (unpaired) electrons. The molecule has 3 aromatic rings. The Labute approximate surface area is 165 Å². The fourth-order valence-electron chi connectivity index (χ4n) is 4.52. The quantitative estimate of drug-likeness (QED) is 0.680. The molecule has 5 heteroatoms. The van der Waals surface area contributed by atoms with Crippen molar-refractivity contribution in [3.05, 3.63) is 53.9 Å². The smallest absolute Gasteiger partial charge is 0.270 e. The van der Waals surface area contributed by atoms with Crippen LogP contribution in [0.4, 0.5) is 5.69 Å². The van der Waals surface area contributed by atoms with Gasteiger partial charge in [0.2, 0.25) is 0 Å². The number of benzene rings is 1.